The van der Waals surface area contributed by atoms with Crippen molar-refractivity contribution in [1.82, 2.24) is 10.3 Å². The lowest BCUT2D eigenvalue weighted by atomic mass is 10.3. The molecule has 1 aromatic rings. The van der Waals surface area contributed by atoms with Gasteiger partial charge in [0.1, 0.15) is 11.8 Å². The van der Waals surface area contributed by atoms with Crippen LogP contribution in [0.4, 0.5) is 5.69 Å². The Hall–Kier alpha value is -1.60. The summed E-state index contributed by atoms with van der Waals surface area (Å²) in [6.07, 6.45) is 1.66. The van der Waals surface area contributed by atoms with E-state index in [0.717, 1.165) is 18.8 Å². The van der Waals surface area contributed by atoms with Gasteiger partial charge in [0.05, 0.1) is 0 Å². The Morgan fingerprint density at radius 3 is 3.07 bits per heavy atom. The average molecular weight is 190 g/mol. The predicted molar refractivity (Wildman–Crippen MR) is 56.1 cm³/mol. The normalized spacial score (nSPS) is 9.50. The van der Waals surface area contributed by atoms with Gasteiger partial charge in [0.25, 0.3) is 0 Å². The van der Waals surface area contributed by atoms with Crippen molar-refractivity contribution in [2.45, 2.75) is 0 Å². The van der Waals surface area contributed by atoms with Gasteiger partial charge < -0.3 is 10.2 Å². The Balaban J connectivity index is 2.70. The fraction of sp³-hybridized carbons (Fsp3) is 0.400. The molecule has 4 nitrogen and oxygen atoms in total. The summed E-state index contributed by atoms with van der Waals surface area (Å²) < 4.78 is 0. The smallest absolute Gasteiger partial charge is 0.142 e. The second kappa shape index (κ2) is 5.20. The maximum absolute atomic E-state index is 8.68. The van der Waals surface area contributed by atoms with Crippen LogP contribution in [-0.4, -0.2) is 32.2 Å². The molecule has 0 amide bonds. The van der Waals surface area contributed by atoms with Crippen LogP contribution in [-0.2, 0) is 0 Å². The van der Waals surface area contributed by atoms with Gasteiger partial charge in [-0.3, -0.25) is 0 Å². The molecule has 14 heavy (non-hydrogen) atoms. The summed E-state index contributed by atoms with van der Waals surface area (Å²) in [6.45, 7) is 1.83. The minimum atomic E-state index is 0.457. The largest absolute Gasteiger partial charge is 0.373 e. The molecule has 0 bridgehead atoms. The zero-order chi connectivity index (χ0) is 10.4. The molecule has 0 fully saturated rings. The number of nitrogens with one attached hydrogen (secondary N) is 1. The molecule has 0 aliphatic rings. The Morgan fingerprint density at radius 2 is 2.43 bits per heavy atom. The van der Waals surface area contributed by atoms with Crippen LogP contribution >= 0.6 is 0 Å². The van der Waals surface area contributed by atoms with E-state index in [1.807, 2.05) is 26.2 Å². The fourth-order valence-electron chi connectivity index (χ4n) is 1.13. The lowest BCUT2D eigenvalue weighted by molar-refractivity contribution is 0.767. The standard InChI is InChI=1S/C10H14N4/c1-12-5-6-14(2)10-3-4-13-9(7-10)8-11/h3-4,7,12H,5-6H2,1-2H3. The van der Waals surface area contributed by atoms with Crippen molar-refractivity contribution in [2.24, 2.45) is 0 Å². The molecule has 4 heteroatoms. The highest BCUT2D eigenvalue weighted by Crippen LogP contribution is 2.11. The minimum absolute atomic E-state index is 0.457. The van der Waals surface area contributed by atoms with Crippen LogP contribution in [0.2, 0.25) is 0 Å². The van der Waals surface area contributed by atoms with Gasteiger partial charge in [-0.2, -0.15) is 5.26 Å². The Labute approximate surface area is 84.2 Å². The van der Waals surface area contributed by atoms with Crippen molar-refractivity contribution < 1.29 is 0 Å². The summed E-state index contributed by atoms with van der Waals surface area (Å²) >= 11 is 0. The first-order valence-electron chi connectivity index (χ1n) is 4.50. The van der Waals surface area contributed by atoms with Crippen molar-refractivity contribution in [1.29, 1.82) is 5.26 Å². The number of rotatable bonds is 4. The Kier molecular flexibility index (Phi) is 3.89. The monoisotopic (exact) mass is 190 g/mol. The molecular weight excluding hydrogens is 176 g/mol. The van der Waals surface area contributed by atoms with Crippen LogP contribution in [0, 0.1) is 11.3 Å². The quantitative estimate of drug-likeness (QED) is 0.755. The number of hydrogen-bond acceptors (Lipinski definition) is 4. The van der Waals surface area contributed by atoms with Crippen molar-refractivity contribution in [3.63, 3.8) is 0 Å². The Morgan fingerprint density at radius 1 is 1.64 bits per heavy atom. The molecule has 1 rings (SSSR count). The third-order valence-corrected chi connectivity index (χ3v) is 2.00. The predicted octanol–water partition coefficient (Wildman–Crippen LogP) is 0.609. The zero-order valence-electron chi connectivity index (χ0n) is 8.49. The van der Waals surface area contributed by atoms with Gasteiger partial charge in [-0.15, -0.1) is 0 Å². The number of anilines is 1. The van der Waals surface area contributed by atoms with E-state index < -0.39 is 0 Å². The minimum Gasteiger partial charge on any atom is -0.373 e. The second-order valence-electron chi connectivity index (χ2n) is 3.04. The molecule has 74 valence electrons. The van der Waals surface area contributed by atoms with Crippen LogP contribution in [0.5, 0.6) is 0 Å². The van der Waals surface area contributed by atoms with Crippen molar-refractivity contribution in [3.05, 3.63) is 24.0 Å². The molecule has 0 aromatic carbocycles. The molecule has 0 unspecified atom stereocenters. The molecule has 0 aliphatic carbocycles. The summed E-state index contributed by atoms with van der Waals surface area (Å²) in [5.41, 5.74) is 1.48. The number of likely N-dealkylation sites (N-methyl/N-ethyl adjacent to an activating group) is 2. The lowest BCUT2D eigenvalue weighted by Crippen LogP contribution is -2.27. The molecule has 0 saturated heterocycles. The molecule has 1 aromatic heterocycles. The maximum Gasteiger partial charge on any atom is 0.142 e. The topological polar surface area (TPSA) is 52.0 Å². The lowest BCUT2D eigenvalue weighted by Gasteiger charge is -2.18. The van der Waals surface area contributed by atoms with E-state index >= 15 is 0 Å². The van der Waals surface area contributed by atoms with Crippen molar-refractivity contribution in [3.8, 4) is 6.07 Å². The molecule has 0 radical (unpaired) electrons. The van der Waals surface area contributed by atoms with Crippen LogP contribution in [0.3, 0.4) is 0 Å². The molecule has 0 spiro atoms. The van der Waals surface area contributed by atoms with Gasteiger partial charge in [-0.1, -0.05) is 0 Å². The first kappa shape index (κ1) is 10.5. The first-order valence-corrected chi connectivity index (χ1v) is 4.50. The molecule has 0 saturated carbocycles. The van der Waals surface area contributed by atoms with Crippen molar-refractivity contribution in [2.75, 3.05) is 32.1 Å². The third kappa shape index (κ3) is 2.71. The van der Waals surface area contributed by atoms with E-state index in [-0.39, 0.29) is 0 Å². The van der Waals surface area contributed by atoms with E-state index in [1.54, 1.807) is 12.3 Å². The fourth-order valence-corrected chi connectivity index (χ4v) is 1.13. The van der Waals surface area contributed by atoms with Gasteiger partial charge in [0.2, 0.25) is 0 Å². The molecular formula is C10H14N4. The number of hydrogen-bond donors (Lipinski definition) is 1. The van der Waals surface area contributed by atoms with Crippen LogP contribution < -0.4 is 10.2 Å². The van der Waals surface area contributed by atoms with E-state index in [4.69, 9.17) is 5.26 Å². The van der Waals surface area contributed by atoms with Gasteiger partial charge in [0.15, 0.2) is 0 Å². The second-order valence-corrected chi connectivity index (χ2v) is 3.04. The van der Waals surface area contributed by atoms with Gasteiger partial charge in [-0.05, 0) is 19.2 Å². The maximum atomic E-state index is 8.68. The molecule has 0 atom stereocenters. The van der Waals surface area contributed by atoms with E-state index in [0.29, 0.717) is 5.69 Å². The molecule has 1 heterocycles. The van der Waals surface area contributed by atoms with E-state index in [9.17, 15) is 0 Å². The number of pyridine rings is 1. The SMILES string of the molecule is CNCCN(C)c1ccnc(C#N)c1. The number of nitriles is 1. The van der Waals surface area contributed by atoms with Gasteiger partial charge in [0, 0.05) is 32.0 Å². The van der Waals surface area contributed by atoms with Gasteiger partial charge >= 0.3 is 0 Å². The summed E-state index contributed by atoms with van der Waals surface area (Å²) in [4.78, 5) is 6.00. The van der Waals surface area contributed by atoms with E-state index in [2.05, 4.69) is 15.2 Å². The average Bonchev–Trinajstić information content (AvgIpc) is 2.26. The first-order chi connectivity index (χ1) is 6.77. The highest BCUT2D eigenvalue weighted by atomic mass is 15.1. The number of nitrogens with zero attached hydrogens (tertiary/aromatic N) is 3. The summed E-state index contributed by atoms with van der Waals surface area (Å²) in [5, 5.41) is 11.8. The Bertz CT molecular complexity index is 329. The summed E-state index contributed by atoms with van der Waals surface area (Å²) in [5.74, 6) is 0. The summed E-state index contributed by atoms with van der Waals surface area (Å²) in [6, 6.07) is 5.71. The van der Waals surface area contributed by atoms with Gasteiger partial charge in [-0.25, -0.2) is 4.98 Å². The summed E-state index contributed by atoms with van der Waals surface area (Å²) in [7, 11) is 3.91. The van der Waals surface area contributed by atoms with Crippen molar-refractivity contribution >= 4 is 5.69 Å². The van der Waals surface area contributed by atoms with E-state index in [1.165, 1.54) is 0 Å². The number of aromatic nitrogens is 1. The van der Waals surface area contributed by atoms with Crippen LogP contribution in [0.25, 0.3) is 0 Å². The highest BCUT2D eigenvalue weighted by Gasteiger charge is 2.01. The van der Waals surface area contributed by atoms with Crippen LogP contribution in [0.15, 0.2) is 18.3 Å². The van der Waals surface area contributed by atoms with Crippen LogP contribution in [0.1, 0.15) is 5.69 Å². The molecule has 1 N–H and O–H groups in total. The molecule has 0 aliphatic heterocycles. The highest BCUT2D eigenvalue weighted by molar-refractivity contribution is 5.47. The zero-order valence-corrected chi connectivity index (χ0v) is 8.49. The third-order valence-electron chi connectivity index (χ3n) is 2.00.